The molecule has 0 saturated carbocycles. The Labute approximate surface area is 399 Å². The fourth-order valence-electron chi connectivity index (χ4n) is 8.08. The van der Waals surface area contributed by atoms with Crippen molar-refractivity contribution in [3.63, 3.8) is 0 Å². The largest absolute Gasteiger partial charge is 0.462 e. The Morgan fingerprint density at radius 2 is 1.24 bits per heavy atom. The van der Waals surface area contributed by atoms with Crippen molar-refractivity contribution in [2.45, 2.75) is 177 Å². The number of allylic oxidation sites excluding steroid dienone is 12. The lowest BCUT2D eigenvalue weighted by atomic mass is 9.83. The fraction of sp³-hybridized carbons (Fsp3) is 0.640. The van der Waals surface area contributed by atoms with E-state index in [2.05, 4.69) is 6.58 Å². The maximum absolute atomic E-state index is 13.4. The monoisotopic (exact) mass is 964 g/mol. The number of fused-ring (bicyclic) bond motifs is 2. The lowest BCUT2D eigenvalue weighted by Gasteiger charge is -2.43. The molecule has 0 aromatic heterocycles. The van der Waals surface area contributed by atoms with E-state index in [4.69, 9.17) is 29.4 Å². The smallest absolute Gasteiger partial charge is 0.314 e. The number of rotatable bonds is 5. The minimum atomic E-state index is -1.76. The van der Waals surface area contributed by atoms with Crippen LogP contribution in [0.15, 0.2) is 97.7 Å². The Morgan fingerprint density at radius 3 is 1.84 bits per heavy atom. The minimum Gasteiger partial charge on any atom is -0.462 e. The second-order valence-electron chi connectivity index (χ2n) is 18.0. The summed E-state index contributed by atoms with van der Waals surface area (Å²) in [5.41, 5.74) is 6.07. The third kappa shape index (κ3) is 19.2. The Bertz CT molecular complexity index is 1730. The zero-order valence-corrected chi connectivity index (χ0v) is 39.5. The van der Waals surface area contributed by atoms with E-state index in [1.807, 2.05) is 37.3 Å². The second-order valence-corrected chi connectivity index (χ2v) is 18.0. The lowest BCUT2D eigenvalue weighted by molar-refractivity contribution is -0.280. The van der Waals surface area contributed by atoms with Crippen LogP contribution < -0.4 is 5.73 Å². The van der Waals surface area contributed by atoms with Crippen LogP contribution in [0, 0.1) is 17.8 Å². The number of aliphatic hydroxyl groups excluding tert-OH is 10. The molecule has 3 aliphatic heterocycles. The van der Waals surface area contributed by atoms with Crippen LogP contribution in [0.1, 0.15) is 72.6 Å². The highest BCUT2D eigenvalue weighted by atomic mass is 16.7. The number of carbonyl (C=O) groups excluding carboxylic acids is 2. The zero-order chi connectivity index (χ0) is 50.5. The molecule has 3 aliphatic rings. The SMILES string of the molecule is C=CCOC(=O)[C@H]1[C@@H]2C[C@@H](O[C@@H]3O[C@H](C)[C@@H](O)[C@H](N)[C@@H]3O)/C=C/C=C/C=C/C=C/C=C/C=C/C=C/[C@H](C)[C@@H](O)[C@@H](C)[C@H](C)OC(=O)C[C@H](O)C[C@H](O)CC[C@@H](O)[C@H](O)C[C@H](O)[C@@H](O)C(C[C@@H]1O)O2. The Balaban J connectivity index is 1.91. The van der Waals surface area contributed by atoms with Gasteiger partial charge in [-0.05, 0) is 33.1 Å². The number of hydrogen-bond acceptors (Lipinski definition) is 18. The molecule has 0 radical (unpaired) electrons. The van der Waals surface area contributed by atoms with Crippen LogP contribution >= 0.6 is 0 Å². The standard InChI is InChI=1S/C50H77NO17/c1-6-23-64-49(63)43-38(56)28-41-47(61)39(57)27-37(55)36(54)22-21-33(52)24-34(53)25-42(58)65-31(4)30(3)45(59)29(2)19-17-15-13-11-9-7-8-10-12-14-16-18-20-35(26-40(43)68-41)67-50-48(62)44(51)46(60)32(5)66-50/h6-20,29-41,43-48,50,52-57,59-62H,1,21-28,51H2,2-5H3/b8-7+,11-9+,12-10+,15-13+,16-14+,19-17+,20-18+/t29-,30-,31-,32+,33+,34+,35-,36+,37+,38-,39-,40-,41?,43+,44-,45+,46+,47+,48-,50-/m0/s1. The number of ether oxygens (including phenoxy) is 5. The van der Waals surface area contributed by atoms with E-state index in [9.17, 15) is 60.7 Å². The number of carbonyl (C=O) groups is 2. The normalized spacial score (nSPS) is 43.9. The molecule has 20 atom stereocenters. The molecule has 68 heavy (non-hydrogen) atoms. The van der Waals surface area contributed by atoms with Gasteiger partial charge in [-0.2, -0.15) is 0 Å². The van der Waals surface area contributed by atoms with Crippen LogP contribution in [0.5, 0.6) is 0 Å². The van der Waals surface area contributed by atoms with Gasteiger partial charge in [0.2, 0.25) is 0 Å². The maximum Gasteiger partial charge on any atom is 0.314 e. The van der Waals surface area contributed by atoms with Gasteiger partial charge in [-0.3, -0.25) is 9.59 Å². The maximum atomic E-state index is 13.4. The lowest BCUT2D eigenvalue weighted by Crippen LogP contribution is -2.61. The molecule has 3 heterocycles. The summed E-state index contributed by atoms with van der Waals surface area (Å²) in [6.07, 6.45) is 3.28. The summed E-state index contributed by atoms with van der Waals surface area (Å²) in [6, 6.07) is -1.13. The van der Waals surface area contributed by atoms with Crippen LogP contribution in [0.2, 0.25) is 0 Å². The summed E-state index contributed by atoms with van der Waals surface area (Å²) in [7, 11) is 0. The van der Waals surface area contributed by atoms with Crippen molar-refractivity contribution in [2.24, 2.45) is 23.5 Å². The quantitative estimate of drug-likeness (QED) is 0.135. The van der Waals surface area contributed by atoms with Gasteiger partial charge in [0.15, 0.2) is 6.29 Å². The van der Waals surface area contributed by atoms with Gasteiger partial charge in [0.25, 0.3) is 0 Å². The first kappa shape index (κ1) is 58.6. The van der Waals surface area contributed by atoms with Gasteiger partial charge in [0.05, 0.1) is 85.7 Å². The highest BCUT2D eigenvalue weighted by Crippen LogP contribution is 2.34. The molecule has 18 nitrogen and oxygen atoms in total. The van der Waals surface area contributed by atoms with Crippen molar-refractivity contribution >= 4 is 11.9 Å². The molecule has 3 rings (SSSR count). The topological polar surface area (TPSA) is 309 Å². The molecule has 1 unspecified atom stereocenters. The van der Waals surface area contributed by atoms with E-state index in [0.29, 0.717) is 0 Å². The van der Waals surface area contributed by atoms with Crippen molar-refractivity contribution in [2.75, 3.05) is 6.61 Å². The van der Waals surface area contributed by atoms with E-state index in [1.54, 1.807) is 75.5 Å². The molecule has 0 aromatic carbocycles. The van der Waals surface area contributed by atoms with Gasteiger partial charge in [-0.25, -0.2) is 0 Å². The van der Waals surface area contributed by atoms with Gasteiger partial charge in [-0.1, -0.05) is 112 Å². The van der Waals surface area contributed by atoms with Gasteiger partial charge >= 0.3 is 11.9 Å². The van der Waals surface area contributed by atoms with Crippen molar-refractivity contribution in [3.05, 3.63) is 97.7 Å². The van der Waals surface area contributed by atoms with Crippen LogP contribution in [0.25, 0.3) is 0 Å². The molecule has 0 amide bonds. The van der Waals surface area contributed by atoms with Crippen molar-refractivity contribution in [1.82, 2.24) is 0 Å². The third-order valence-electron chi connectivity index (χ3n) is 12.5. The molecular weight excluding hydrogens is 887 g/mol. The number of cyclic esters (lactones) is 1. The second kappa shape index (κ2) is 30.1. The van der Waals surface area contributed by atoms with Crippen LogP contribution in [-0.2, 0) is 33.3 Å². The molecule has 0 spiro atoms. The molecule has 384 valence electrons. The van der Waals surface area contributed by atoms with Gasteiger partial charge in [0.1, 0.15) is 30.8 Å². The summed E-state index contributed by atoms with van der Waals surface area (Å²) in [5, 5.41) is 109. The van der Waals surface area contributed by atoms with E-state index in [0.717, 1.165) is 0 Å². The summed E-state index contributed by atoms with van der Waals surface area (Å²) >= 11 is 0. The molecule has 0 aliphatic carbocycles. The van der Waals surface area contributed by atoms with E-state index >= 15 is 0 Å². The van der Waals surface area contributed by atoms with E-state index in [1.165, 1.54) is 6.08 Å². The first-order chi connectivity index (χ1) is 32.2. The summed E-state index contributed by atoms with van der Waals surface area (Å²) < 4.78 is 29.0. The zero-order valence-electron chi connectivity index (χ0n) is 39.5. The number of aliphatic hydroxyl groups is 10. The average molecular weight is 964 g/mol. The summed E-state index contributed by atoms with van der Waals surface area (Å²) in [5.74, 6) is -3.65. The van der Waals surface area contributed by atoms with Crippen molar-refractivity contribution < 1.29 is 84.3 Å². The van der Waals surface area contributed by atoms with Crippen molar-refractivity contribution in [3.8, 4) is 0 Å². The van der Waals surface area contributed by atoms with Gasteiger partial charge < -0.3 is 80.5 Å². The van der Waals surface area contributed by atoms with E-state index in [-0.39, 0.29) is 44.6 Å². The predicted octanol–water partition coefficient (Wildman–Crippen LogP) is 1.01. The van der Waals surface area contributed by atoms with Crippen LogP contribution in [-0.4, -0.2) is 174 Å². The van der Waals surface area contributed by atoms with Crippen LogP contribution in [0.4, 0.5) is 0 Å². The Morgan fingerprint density at radius 1 is 0.647 bits per heavy atom. The first-order valence-electron chi connectivity index (χ1n) is 23.4. The molecule has 2 saturated heterocycles. The fourth-order valence-corrected chi connectivity index (χ4v) is 8.08. The molecular formula is C50H77NO17. The predicted molar refractivity (Wildman–Crippen MR) is 251 cm³/mol. The highest BCUT2D eigenvalue weighted by Gasteiger charge is 2.48. The summed E-state index contributed by atoms with van der Waals surface area (Å²) in [4.78, 5) is 26.0. The number of hydrogen-bond donors (Lipinski definition) is 11. The van der Waals surface area contributed by atoms with Gasteiger partial charge in [0, 0.05) is 31.1 Å². The number of esters is 2. The average Bonchev–Trinajstić information content (AvgIpc) is 3.29. The molecule has 0 aromatic rings. The van der Waals surface area contributed by atoms with Crippen molar-refractivity contribution in [1.29, 1.82) is 0 Å². The highest BCUT2D eigenvalue weighted by molar-refractivity contribution is 5.74. The van der Waals surface area contributed by atoms with E-state index < -0.39 is 141 Å². The van der Waals surface area contributed by atoms with Crippen LogP contribution in [0.3, 0.4) is 0 Å². The minimum absolute atomic E-state index is 0.113. The summed E-state index contributed by atoms with van der Waals surface area (Å²) in [6.45, 7) is 10.1. The van der Waals surface area contributed by atoms with Gasteiger partial charge in [-0.15, -0.1) is 0 Å². The Kier molecular flexibility index (Phi) is 26.0. The first-order valence-corrected chi connectivity index (χ1v) is 23.4. The molecule has 12 N–H and O–H groups in total. The molecule has 2 bridgehead atoms. The third-order valence-corrected chi connectivity index (χ3v) is 12.5. The number of nitrogens with two attached hydrogens (primary N) is 1. The molecule has 2 fully saturated rings. The molecule has 18 heteroatoms. The Hall–Kier alpha value is -3.70.